The van der Waals surface area contributed by atoms with Crippen LogP contribution < -0.4 is 34.0 Å². The Morgan fingerprint density at radius 2 is 1.58 bits per heavy atom. The van der Waals surface area contributed by atoms with E-state index in [2.05, 4.69) is 37.6 Å². The molecule has 4 fully saturated rings. The largest absolute Gasteiger partial charge is 0.400 e. The molecule has 15 N–H and O–H groups in total. The Labute approximate surface area is 312 Å². The van der Waals surface area contributed by atoms with Crippen LogP contribution in [0.15, 0.2) is 0 Å². The molecule has 314 valence electrons. The molecule has 4 rings (SSSR count). The van der Waals surface area contributed by atoms with Crippen molar-refractivity contribution in [3.05, 3.63) is 0 Å². The van der Waals surface area contributed by atoms with E-state index in [1.807, 2.05) is 0 Å². The van der Waals surface area contributed by atoms with Gasteiger partial charge in [0.25, 0.3) is 0 Å². The molecule has 8 unspecified atom stereocenters. The third-order valence-corrected chi connectivity index (χ3v) is 8.15. The summed E-state index contributed by atoms with van der Waals surface area (Å²) in [5.74, 6) is -0.449. The predicted molar refractivity (Wildman–Crippen MR) is 202 cm³/mol. The fourth-order valence-corrected chi connectivity index (χ4v) is 5.65. The Hall–Kier alpha value is -1.58. The van der Waals surface area contributed by atoms with E-state index < -0.39 is 18.3 Å². The third kappa shape index (κ3) is 26.2. The van der Waals surface area contributed by atoms with Crippen LogP contribution in [0.5, 0.6) is 0 Å². The first-order valence-corrected chi connectivity index (χ1v) is 18.7. The van der Waals surface area contributed by atoms with Crippen LogP contribution in [0.2, 0.25) is 0 Å². The van der Waals surface area contributed by atoms with E-state index in [1.54, 1.807) is 7.11 Å². The summed E-state index contributed by atoms with van der Waals surface area (Å²) in [6, 6.07) is -0.530. The molecule has 0 radical (unpaired) electrons. The topological polar surface area (TPSA) is 303 Å². The summed E-state index contributed by atoms with van der Waals surface area (Å²) in [5, 5.41) is 37.8. The third-order valence-electron chi connectivity index (χ3n) is 8.15. The molecule has 1 aliphatic carbocycles. The zero-order valence-electron chi connectivity index (χ0n) is 32.9. The van der Waals surface area contributed by atoms with E-state index in [0.717, 1.165) is 52.4 Å². The van der Waals surface area contributed by atoms with Gasteiger partial charge in [-0.3, -0.25) is 9.59 Å². The second-order valence-corrected chi connectivity index (χ2v) is 12.4. The van der Waals surface area contributed by atoms with Crippen molar-refractivity contribution in [3.63, 3.8) is 0 Å². The number of carbonyl (C=O) groups is 2. The van der Waals surface area contributed by atoms with Crippen molar-refractivity contribution in [2.45, 2.75) is 159 Å². The van der Waals surface area contributed by atoms with Crippen LogP contribution in [-0.4, -0.2) is 148 Å². The number of ether oxygens (including phenoxy) is 5. The first-order valence-electron chi connectivity index (χ1n) is 18.7. The number of nitrogens with two attached hydrogens (primary N) is 5. The smallest absolute Gasteiger partial charge is 0.249 e. The number of methoxy groups -OCH3 is 1. The highest BCUT2D eigenvalue weighted by Gasteiger charge is 2.40. The summed E-state index contributed by atoms with van der Waals surface area (Å²) < 4.78 is 27.7. The van der Waals surface area contributed by atoms with Crippen molar-refractivity contribution in [2.75, 3.05) is 54.2 Å². The van der Waals surface area contributed by atoms with E-state index in [1.165, 1.54) is 26.3 Å². The van der Waals surface area contributed by atoms with Crippen LogP contribution in [-0.2, 0) is 33.3 Å². The van der Waals surface area contributed by atoms with E-state index in [0.29, 0.717) is 38.0 Å². The maximum Gasteiger partial charge on any atom is 0.249 e. The van der Waals surface area contributed by atoms with Crippen molar-refractivity contribution in [1.29, 1.82) is 0 Å². The lowest BCUT2D eigenvalue weighted by Crippen LogP contribution is -2.57. The van der Waals surface area contributed by atoms with Gasteiger partial charge in [-0.15, -0.1) is 0 Å². The SMILES string of the molecule is CCC.CC[C@H]1CC(O)CCO1.CN.CO.CO[C@@H]1C(N)CC(NC(=O)C(O)CCN)CC1OC1CCC(CO)O1.NC=O.NCC1CCCCO1. The van der Waals surface area contributed by atoms with Gasteiger partial charge in [0.2, 0.25) is 12.3 Å². The molecule has 17 heteroatoms. The number of hydrogen-bond donors (Lipinski definition) is 10. The fraction of sp³-hybridized carbons (Fsp3) is 0.943. The highest BCUT2D eigenvalue weighted by Crippen LogP contribution is 2.29. The molecule has 4 aliphatic rings. The molecule has 0 spiro atoms. The van der Waals surface area contributed by atoms with E-state index in [4.69, 9.17) is 61.0 Å². The van der Waals surface area contributed by atoms with Gasteiger partial charge in [-0.1, -0.05) is 27.2 Å². The van der Waals surface area contributed by atoms with Gasteiger partial charge in [-0.05, 0) is 77.8 Å². The highest BCUT2D eigenvalue weighted by atomic mass is 16.7. The van der Waals surface area contributed by atoms with Gasteiger partial charge in [-0.2, -0.15) is 0 Å². The van der Waals surface area contributed by atoms with Crippen molar-refractivity contribution in [3.8, 4) is 0 Å². The van der Waals surface area contributed by atoms with Gasteiger partial charge < -0.3 is 78.1 Å². The Balaban J connectivity index is -0.000000723. The molecular weight excluding hydrogens is 680 g/mol. The molecule has 0 aromatic carbocycles. The number of primary amides is 1. The van der Waals surface area contributed by atoms with Crippen molar-refractivity contribution in [1.82, 2.24) is 5.32 Å². The summed E-state index contributed by atoms with van der Waals surface area (Å²) >= 11 is 0. The van der Waals surface area contributed by atoms with Crippen molar-refractivity contribution < 1.29 is 53.7 Å². The van der Waals surface area contributed by atoms with Crippen LogP contribution in [0.3, 0.4) is 0 Å². The minimum absolute atomic E-state index is 0.0323. The molecule has 3 saturated heterocycles. The first kappa shape index (κ1) is 54.8. The quantitative estimate of drug-likeness (QED) is 0.124. The van der Waals surface area contributed by atoms with Gasteiger partial charge in [0.1, 0.15) is 6.10 Å². The molecule has 0 aromatic heterocycles. The van der Waals surface area contributed by atoms with Crippen LogP contribution in [0.4, 0.5) is 0 Å². The Morgan fingerprint density at radius 1 is 0.962 bits per heavy atom. The van der Waals surface area contributed by atoms with Crippen LogP contribution in [0, 0.1) is 0 Å². The van der Waals surface area contributed by atoms with E-state index in [-0.39, 0.29) is 62.5 Å². The van der Waals surface area contributed by atoms with Crippen LogP contribution in [0.1, 0.15) is 97.8 Å². The maximum atomic E-state index is 12.0. The van der Waals surface area contributed by atoms with Gasteiger partial charge in [0, 0.05) is 52.5 Å². The fourth-order valence-electron chi connectivity index (χ4n) is 5.65. The highest BCUT2D eigenvalue weighted by molar-refractivity contribution is 5.80. The summed E-state index contributed by atoms with van der Waals surface area (Å²) in [6.07, 6.45) is 8.72. The molecule has 52 heavy (non-hydrogen) atoms. The van der Waals surface area contributed by atoms with E-state index >= 15 is 0 Å². The van der Waals surface area contributed by atoms with Crippen molar-refractivity contribution >= 4 is 12.3 Å². The Kier molecular flexibility index (Phi) is 39.7. The number of carbonyl (C=O) groups excluding carboxylic acids is 2. The second-order valence-electron chi connectivity index (χ2n) is 12.4. The average Bonchev–Trinajstić information content (AvgIpc) is 3.62. The molecule has 10 atom stereocenters. The lowest BCUT2D eigenvalue weighted by molar-refractivity contribution is -0.203. The number of rotatable bonds is 10. The molecule has 2 amide bonds. The predicted octanol–water partition coefficient (Wildman–Crippen LogP) is -0.649. The molecular formula is C35H78N6O11. The molecule has 0 aromatic rings. The van der Waals surface area contributed by atoms with Gasteiger partial charge in [-0.25, -0.2) is 0 Å². The number of nitrogens with one attached hydrogen (secondary N) is 1. The van der Waals surface area contributed by atoms with Gasteiger partial charge in [0.05, 0.1) is 43.2 Å². The minimum Gasteiger partial charge on any atom is -0.400 e. The summed E-state index contributed by atoms with van der Waals surface area (Å²) in [6.45, 7) is 8.89. The first-order chi connectivity index (χ1) is 25.1. The Bertz CT molecular complexity index is 790. The number of aliphatic hydroxyl groups is 4. The number of hydrogen-bond acceptors (Lipinski definition) is 15. The lowest BCUT2D eigenvalue weighted by atomic mass is 9.86. The van der Waals surface area contributed by atoms with Crippen molar-refractivity contribution in [2.24, 2.45) is 28.7 Å². The van der Waals surface area contributed by atoms with E-state index in [9.17, 15) is 9.90 Å². The number of amides is 2. The minimum atomic E-state index is -1.12. The molecule has 17 nitrogen and oxygen atoms in total. The standard InChI is InChI=1S/C16H31N3O6.C7H14O2.C6H13NO.C3H8.CH3NO.CH5N.CH4O/c1-23-15-11(18)6-9(19-16(22)12(21)4-5-17)7-13(15)25-14-3-2-10(8-20)24-14;1-2-7-5-6(8)3-4-9-7;7-5-6-3-1-2-4-8-6;1-3-2;2-1-3;2*1-2/h9-15,20-21H,2-8,17-18H2,1H3,(H,19,22);6-8H,2-5H2,1H3;6H,1-5,7H2;3H2,1-2H3;1H,(H2,2,3);2H2,1H3;2H,1H3/t9?,10?,11?,12?,13?,14?,15-;6?,7-;;;;;/m10...../s1. The van der Waals surface area contributed by atoms with Crippen LogP contribution >= 0.6 is 0 Å². The molecule has 1 saturated carbocycles. The Morgan fingerprint density at radius 3 is 2.00 bits per heavy atom. The molecule has 3 aliphatic heterocycles. The monoisotopic (exact) mass is 759 g/mol. The molecule has 0 bridgehead atoms. The van der Waals surface area contributed by atoms with Gasteiger partial charge in [0.15, 0.2) is 6.29 Å². The lowest BCUT2D eigenvalue weighted by Gasteiger charge is -2.40. The molecule has 3 heterocycles. The number of aliphatic hydroxyl groups excluding tert-OH is 4. The normalized spacial score (nSPS) is 29.6. The summed E-state index contributed by atoms with van der Waals surface area (Å²) in [4.78, 5) is 20.6. The van der Waals surface area contributed by atoms with Gasteiger partial charge >= 0.3 is 0 Å². The average molecular weight is 759 g/mol. The summed E-state index contributed by atoms with van der Waals surface area (Å²) in [7, 11) is 4.08. The zero-order chi connectivity index (χ0) is 40.3. The second kappa shape index (κ2) is 37.7. The maximum absolute atomic E-state index is 12.0. The van der Waals surface area contributed by atoms with Crippen LogP contribution in [0.25, 0.3) is 0 Å². The zero-order valence-corrected chi connectivity index (χ0v) is 32.9. The summed E-state index contributed by atoms with van der Waals surface area (Å²) in [5.41, 5.74) is 25.6.